The summed E-state index contributed by atoms with van der Waals surface area (Å²) in [5.74, 6) is -0.241. The third-order valence-corrected chi connectivity index (χ3v) is 5.64. The molecule has 0 unspecified atom stereocenters. The number of para-hydroxylation sites is 2. The number of fused-ring (bicyclic) bond motifs is 1. The summed E-state index contributed by atoms with van der Waals surface area (Å²) in [7, 11) is 3.03. The second-order valence-electron chi connectivity index (χ2n) is 6.24. The highest BCUT2D eigenvalue weighted by Crippen LogP contribution is 2.33. The Bertz CT molecular complexity index is 1000. The van der Waals surface area contributed by atoms with E-state index in [1.165, 1.54) is 36.7 Å². The first-order chi connectivity index (χ1) is 13.9. The van der Waals surface area contributed by atoms with E-state index in [4.69, 9.17) is 4.74 Å². The lowest BCUT2D eigenvalue weighted by molar-refractivity contribution is -0.126. The topological polar surface area (TPSA) is 51.7 Å². The molecule has 3 rings (SSSR count). The van der Waals surface area contributed by atoms with Crippen LogP contribution in [0.1, 0.15) is 23.5 Å². The van der Waals surface area contributed by atoms with Crippen LogP contribution in [-0.4, -0.2) is 36.6 Å². The molecule has 0 saturated heterocycles. The predicted octanol–water partition coefficient (Wildman–Crippen LogP) is 5.14. The molecule has 8 heteroatoms. The lowest BCUT2D eigenvalue weighted by atomic mass is 10.1. The third-order valence-electron chi connectivity index (χ3n) is 4.44. The van der Waals surface area contributed by atoms with E-state index in [9.17, 15) is 13.6 Å². The Morgan fingerprint density at radius 1 is 1.21 bits per heavy atom. The summed E-state index contributed by atoms with van der Waals surface area (Å²) in [6, 6.07) is 12.2. The number of carbonyl (C=O) groups excluding carboxylic acids is 1. The van der Waals surface area contributed by atoms with Crippen molar-refractivity contribution in [3.63, 3.8) is 0 Å². The number of ether oxygens (including phenoxy) is 2. The molecule has 1 heterocycles. The highest BCUT2D eigenvalue weighted by molar-refractivity contribution is 7.18. The van der Waals surface area contributed by atoms with Crippen molar-refractivity contribution in [3.8, 4) is 11.5 Å². The average Bonchev–Trinajstić information content (AvgIpc) is 3.15. The van der Waals surface area contributed by atoms with Gasteiger partial charge in [0.15, 0.2) is 11.5 Å². The number of methoxy groups -OCH3 is 1. The van der Waals surface area contributed by atoms with Crippen LogP contribution in [0.15, 0.2) is 48.5 Å². The largest absolute Gasteiger partial charge is 0.493 e. The van der Waals surface area contributed by atoms with Gasteiger partial charge in [-0.2, -0.15) is 8.78 Å². The van der Waals surface area contributed by atoms with Crippen molar-refractivity contribution in [1.82, 2.24) is 9.88 Å². The lowest BCUT2D eigenvalue weighted by Crippen LogP contribution is -2.27. The molecule has 0 fully saturated rings. The van der Waals surface area contributed by atoms with E-state index in [1.54, 1.807) is 24.1 Å². The molecule has 1 amide bonds. The smallest absolute Gasteiger partial charge is 0.387 e. The quantitative estimate of drug-likeness (QED) is 0.499. The Hall–Kier alpha value is -3.00. The normalized spacial score (nSPS) is 12.5. The summed E-state index contributed by atoms with van der Waals surface area (Å²) in [5.41, 5.74) is 1.21. The maximum absolute atomic E-state index is 12.7. The van der Waals surface area contributed by atoms with Crippen LogP contribution in [-0.2, 0) is 4.79 Å². The van der Waals surface area contributed by atoms with Crippen molar-refractivity contribution in [2.75, 3.05) is 14.2 Å². The zero-order chi connectivity index (χ0) is 21.0. The number of halogens is 2. The van der Waals surface area contributed by atoms with E-state index >= 15 is 0 Å². The van der Waals surface area contributed by atoms with Gasteiger partial charge in [-0.3, -0.25) is 4.79 Å². The van der Waals surface area contributed by atoms with Crippen LogP contribution in [0, 0.1) is 0 Å². The minimum absolute atomic E-state index is 0.115. The number of thiazole rings is 1. The van der Waals surface area contributed by atoms with Crippen molar-refractivity contribution >= 4 is 33.5 Å². The fourth-order valence-electron chi connectivity index (χ4n) is 2.74. The number of aromatic nitrogens is 1. The monoisotopic (exact) mass is 418 g/mol. The number of likely N-dealkylation sites (N-methyl/N-ethyl adjacent to an activating group) is 1. The third kappa shape index (κ3) is 4.71. The van der Waals surface area contributed by atoms with Gasteiger partial charge in [-0.1, -0.05) is 24.3 Å². The molecule has 1 atom stereocenters. The summed E-state index contributed by atoms with van der Waals surface area (Å²) in [4.78, 5) is 18.8. The van der Waals surface area contributed by atoms with Crippen LogP contribution in [0.4, 0.5) is 8.78 Å². The molecule has 1 aromatic heterocycles. The fourth-order valence-corrected chi connectivity index (χ4v) is 3.81. The van der Waals surface area contributed by atoms with E-state index in [2.05, 4.69) is 9.72 Å². The lowest BCUT2D eigenvalue weighted by Gasteiger charge is -2.21. The fraction of sp³-hybridized carbons (Fsp3) is 0.238. The molecule has 0 bridgehead atoms. The van der Waals surface area contributed by atoms with E-state index in [0.29, 0.717) is 5.56 Å². The molecule has 152 valence electrons. The van der Waals surface area contributed by atoms with Crippen LogP contribution < -0.4 is 9.47 Å². The SMILES string of the molecule is COc1cccc(/C=C/C(=O)N(C)[C@@H](C)c2nc3ccccc3s2)c1OC(F)F. The van der Waals surface area contributed by atoms with Crippen LogP contribution in [0.2, 0.25) is 0 Å². The van der Waals surface area contributed by atoms with Gasteiger partial charge in [0.05, 0.1) is 23.4 Å². The summed E-state index contributed by atoms with van der Waals surface area (Å²) >= 11 is 1.53. The maximum Gasteiger partial charge on any atom is 0.387 e. The molecule has 2 aromatic carbocycles. The standard InChI is InChI=1S/C21H20F2N2O3S/c1-13(20-24-15-8-4-5-10-17(15)29-20)25(2)18(26)12-11-14-7-6-9-16(27-3)19(14)28-21(22)23/h4-13,21H,1-3H3/b12-11+/t13-/m0/s1. The van der Waals surface area contributed by atoms with E-state index in [0.717, 1.165) is 15.2 Å². The van der Waals surface area contributed by atoms with Gasteiger partial charge in [0, 0.05) is 18.7 Å². The molecule has 0 N–H and O–H groups in total. The summed E-state index contributed by atoms with van der Waals surface area (Å²) in [6.07, 6.45) is 2.75. The van der Waals surface area contributed by atoms with Gasteiger partial charge < -0.3 is 14.4 Å². The second-order valence-corrected chi connectivity index (χ2v) is 7.30. The first kappa shape index (κ1) is 20.7. The summed E-state index contributed by atoms with van der Waals surface area (Å²) in [5, 5.41) is 0.818. The number of benzene rings is 2. The molecule has 0 saturated carbocycles. The van der Waals surface area contributed by atoms with Gasteiger partial charge in [-0.25, -0.2) is 4.98 Å². The van der Waals surface area contributed by atoms with Crippen LogP contribution >= 0.6 is 11.3 Å². The minimum atomic E-state index is -3.00. The van der Waals surface area contributed by atoms with Crippen molar-refractivity contribution < 1.29 is 23.0 Å². The van der Waals surface area contributed by atoms with Crippen LogP contribution in [0.25, 0.3) is 16.3 Å². The summed E-state index contributed by atoms with van der Waals surface area (Å²) in [6.45, 7) is -1.11. The molecule has 0 radical (unpaired) electrons. The van der Waals surface area contributed by atoms with E-state index in [1.807, 2.05) is 31.2 Å². The zero-order valence-corrected chi connectivity index (χ0v) is 17.0. The van der Waals surface area contributed by atoms with Gasteiger partial charge in [-0.05, 0) is 31.2 Å². The van der Waals surface area contributed by atoms with Crippen molar-refractivity contribution in [2.45, 2.75) is 19.6 Å². The van der Waals surface area contributed by atoms with Crippen molar-refractivity contribution in [3.05, 3.63) is 59.1 Å². The van der Waals surface area contributed by atoms with Crippen LogP contribution in [0.5, 0.6) is 11.5 Å². The Labute approximate surface area is 171 Å². The van der Waals surface area contributed by atoms with Gasteiger partial charge in [0.25, 0.3) is 0 Å². The Morgan fingerprint density at radius 2 is 1.97 bits per heavy atom. The zero-order valence-electron chi connectivity index (χ0n) is 16.1. The molecule has 0 spiro atoms. The molecule has 5 nitrogen and oxygen atoms in total. The van der Waals surface area contributed by atoms with Crippen molar-refractivity contribution in [1.29, 1.82) is 0 Å². The Morgan fingerprint density at radius 3 is 2.66 bits per heavy atom. The number of hydrogen-bond donors (Lipinski definition) is 0. The number of alkyl halides is 2. The number of nitrogens with zero attached hydrogens (tertiary/aromatic N) is 2. The highest BCUT2D eigenvalue weighted by atomic mass is 32.1. The molecule has 29 heavy (non-hydrogen) atoms. The van der Waals surface area contributed by atoms with Gasteiger partial charge in [-0.15, -0.1) is 11.3 Å². The molecule has 0 aliphatic carbocycles. The first-order valence-corrected chi connectivity index (χ1v) is 9.64. The number of rotatable bonds is 7. The average molecular weight is 418 g/mol. The van der Waals surface area contributed by atoms with E-state index < -0.39 is 6.61 Å². The molecule has 0 aliphatic rings. The van der Waals surface area contributed by atoms with Gasteiger partial charge in [0.2, 0.25) is 5.91 Å². The van der Waals surface area contributed by atoms with Crippen molar-refractivity contribution in [2.24, 2.45) is 0 Å². The number of carbonyl (C=O) groups is 1. The first-order valence-electron chi connectivity index (χ1n) is 8.83. The summed E-state index contributed by atoms with van der Waals surface area (Å²) < 4.78 is 36.2. The van der Waals surface area contributed by atoms with Gasteiger partial charge in [0.1, 0.15) is 5.01 Å². The Balaban J connectivity index is 1.79. The maximum atomic E-state index is 12.7. The second kappa shape index (κ2) is 9.00. The number of hydrogen-bond acceptors (Lipinski definition) is 5. The van der Waals surface area contributed by atoms with E-state index in [-0.39, 0.29) is 23.4 Å². The highest BCUT2D eigenvalue weighted by Gasteiger charge is 2.20. The molecule has 3 aromatic rings. The number of amides is 1. The van der Waals surface area contributed by atoms with Gasteiger partial charge >= 0.3 is 6.61 Å². The Kier molecular flexibility index (Phi) is 6.43. The van der Waals surface area contributed by atoms with Crippen LogP contribution in [0.3, 0.4) is 0 Å². The molecular weight excluding hydrogens is 398 g/mol. The molecular formula is C21H20F2N2O3S. The molecule has 0 aliphatic heterocycles. The predicted molar refractivity (Wildman–Crippen MR) is 109 cm³/mol. The minimum Gasteiger partial charge on any atom is -0.493 e.